The van der Waals surface area contributed by atoms with E-state index in [0.717, 1.165) is 169 Å². The second-order valence-electron chi connectivity index (χ2n) is 30.9. The lowest BCUT2D eigenvalue weighted by atomic mass is 10.00. The summed E-state index contributed by atoms with van der Waals surface area (Å²) in [5, 5.41) is 33.7. The summed E-state index contributed by atoms with van der Waals surface area (Å²) in [6.45, 7) is 21.3. The molecule has 123 heavy (non-hydrogen) atoms. The highest BCUT2D eigenvalue weighted by molar-refractivity contribution is 6.01. The molecule has 4 amide bonds. The summed E-state index contributed by atoms with van der Waals surface area (Å²) in [4.78, 5) is 81.7. The smallest absolute Gasteiger partial charge is 0.251 e. The Hall–Kier alpha value is -12.7. The zero-order valence-electron chi connectivity index (χ0n) is 69.8. The first-order chi connectivity index (χ1) is 60.0. The number of amides is 4. The molecule has 4 aliphatic heterocycles. The van der Waals surface area contributed by atoms with Gasteiger partial charge in [0.15, 0.2) is 11.3 Å². The van der Waals surface area contributed by atoms with Crippen LogP contribution >= 0.6 is 0 Å². The van der Waals surface area contributed by atoms with Crippen molar-refractivity contribution in [3.8, 4) is 22.3 Å². The van der Waals surface area contributed by atoms with E-state index < -0.39 is 5.82 Å². The number of carbonyl (C=O) groups is 5. The largest absolute Gasteiger partial charge is 0.381 e. The third-order valence-corrected chi connectivity index (χ3v) is 22.8. The van der Waals surface area contributed by atoms with Gasteiger partial charge in [-0.25, -0.2) is 36.9 Å². The zero-order chi connectivity index (χ0) is 85.7. The molecule has 4 fully saturated rings. The second-order valence-corrected chi connectivity index (χ2v) is 30.9. The number of ether oxygens (including phenoxy) is 2. The van der Waals surface area contributed by atoms with Crippen molar-refractivity contribution >= 4 is 74.7 Å². The van der Waals surface area contributed by atoms with E-state index in [-0.39, 0.29) is 79.3 Å². The van der Waals surface area contributed by atoms with Crippen LogP contribution in [0.3, 0.4) is 0 Å². The number of benzene rings is 8. The number of aryl methyl sites for hydroxylation is 4. The standard InChI is InChI=1S/C48H52F2N8O3.C38H39FN6O4.C10H13FN2/c1-3-44-41(45(54-38-17-23-61-24-18-38)42-30-53-58(4-2)46(42)55-44)29-52-48(60)36-10-6-9-35(27-36)47(59)51-28-32-11-16-43(50)40(26-32)34-8-5-7-33(25-34)31-56-19-21-57(22-20-56)39-14-12-37(49)13-15-39;1-3-34-31(35(43-29-13-15-49-16-14-29)32-22-42-45(4-2)36(32)44-34)21-41-38(48)28-10-6-9-27(19-28)37(47)40-20-24-11-12-33(39)30(18-24)26-8-5-7-25(17-26)23-46;11-9-1-3-10(4-2-9)13-7-5-12-6-8-13/h5-16,25-27,30,38H,3-4,17-24,28-29,31H2,1-2H3,(H,51,59)(H,52,60)(H,54,55);5-12,17-19,22-23,29H,3-4,13-16,20-21H2,1-2H3,(H,40,47)(H,41,48)(H,43,44);1-4,12H,5-8H2. The van der Waals surface area contributed by atoms with E-state index in [4.69, 9.17) is 19.4 Å². The Labute approximate surface area is 713 Å². The molecule has 8 heterocycles. The summed E-state index contributed by atoms with van der Waals surface area (Å²) < 4.78 is 70.9. The molecule has 16 rings (SSSR count). The van der Waals surface area contributed by atoms with Gasteiger partial charge in [-0.1, -0.05) is 74.5 Å². The summed E-state index contributed by atoms with van der Waals surface area (Å²) in [5.41, 5.74) is 15.7. The summed E-state index contributed by atoms with van der Waals surface area (Å²) in [5.74, 6) is -2.53. The molecule has 638 valence electrons. The fourth-order valence-electron chi connectivity index (χ4n) is 16.0. The van der Waals surface area contributed by atoms with E-state index in [1.807, 2.05) is 85.0 Å². The number of aromatic nitrogens is 6. The average Bonchev–Trinajstić information content (AvgIpc) is 1.64. The first kappa shape index (κ1) is 86.7. The van der Waals surface area contributed by atoms with E-state index in [1.54, 1.807) is 97.1 Å². The maximum Gasteiger partial charge on any atom is 0.251 e. The topological polar surface area (TPSA) is 259 Å². The van der Waals surface area contributed by atoms with Crippen LogP contribution in [0.5, 0.6) is 0 Å². The number of fused-ring (bicyclic) bond motifs is 2. The molecular formula is C96H104F4N16O7. The van der Waals surface area contributed by atoms with Crippen molar-refractivity contribution in [2.45, 2.75) is 124 Å². The lowest BCUT2D eigenvalue weighted by Crippen LogP contribution is -2.45. The summed E-state index contributed by atoms with van der Waals surface area (Å²) in [6.07, 6.45) is 9.26. The van der Waals surface area contributed by atoms with Gasteiger partial charge in [-0.15, -0.1) is 0 Å². The number of rotatable bonds is 27. The number of aldehydes is 1. The molecular weight excluding hydrogens is 1570 g/mol. The SMILES string of the molecule is CCc1nc2c(cnn2CC)c(NC2CCOCC2)c1CNC(=O)c1cccc(C(=O)NCc2ccc(F)c(-c3cccc(C=O)c3)c2)c1.CCc1nc2c(cnn2CC)c(NC2CCOCC2)c1CNC(=O)c1cccc(C(=O)NCc2ccc(F)c(-c3cccc(CN4CCN(c5ccc(F)cc5)CC4)c3)c2)c1.Fc1ccc(N2CCNCC2)cc1. The Kier molecular flexibility index (Phi) is 29.4. The van der Waals surface area contributed by atoms with Gasteiger partial charge < -0.3 is 56.5 Å². The Morgan fingerprint density at radius 3 is 1.30 bits per heavy atom. The van der Waals surface area contributed by atoms with Gasteiger partial charge in [-0.2, -0.15) is 10.2 Å². The van der Waals surface area contributed by atoms with Gasteiger partial charge in [0.05, 0.1) is 34.5 Å². The number of nitrogens with one attached hydrogen (secondary N) is 7. The fraction of sp³-hybridized carbons (Fsp3) is 0.323. The third-order valence-electron chi connectivity index (χ3n) is 22.8. The Balaban J connectivity index is 0.000000177. The molecule has 0 aliphatic carbocycles. The molecule has 8 aromatic carbocycles. The summed E-state index contributed by atoms with van der Waals surface area (Å²) >= 11 is 0. The predicted octanol–water partition coefficient (Wildman–Crippen LogP) is 15.1. The number of anilines is 4. The number of hydrogen-bond acceptors (Lipinski definition) is 17. The van der Waals surface area contributed by atoms with E-state index in [2.05, 4.69) is 75.1 Å². The van der Waals surface area contributed by atoms with Crippen LogP contribution in [-0.4, -0.2) is 155 Å². The van der Waals surface area contributed by atoms with E-state index in [9.17, 15) is 37.1 Å². The molecule has 7 N–H and O–H groups in total. The van der Waals surface area contributed by atoms with Crippen molar-refractivity contribution in [2.24, 2.45) is 0 Å². The second kappa shape index (κ2) is 41.7. The highest BCUT2D eigenvalue weighted by Gasteiger charge is 2.27. The van der Waals surface area contributed by atoms with Crippen molar-refractivity contribution in [3.63, 3.8) is 0 Å². The van der Waals surface area contributed by atoms with Gasteiger partial charge in [-0.05, 0) is 202 Å². The molecule has 0 bridgehead atoms. The molecule has 23 nitrogen and oxygen atoms in total. The minimum absolute atomic E-state index is 0.142. The fourth-order valence-corrected chi connectivity index (χ4v) is 16.0. The van der Waals surface area contributed by atoms with Crippen molar-refractivity contribution in [3.05, 3.63) is 285 Å². The minimum atomic E-state index is -0.430. The molecule has 0 spiro atoms. The highest BCUT2D eigenvalue weighted by Crippen LogP contribution is 2.35. The molecule has 0 saturated carbocycles. The monoisotopic (exact) mass is 1670 g/mol. The van der Waals surface area contributed by atoms with Crippen LogP contribution in [0.2, 0.25) is 0 Å². The molecule has 0 atom stereocenters. The Morgan fingerprint density at radius 1 is 0.455 bits per heavy atom. The van der Waals surface area contributed by atoms with Crippen LogP contribution in [0.25, 0.3) is 44.3 Å². The quantitative estimate of drug-likeness (QED) is 0.0186. The average molecular weight is 1670 g/mol. The molecule has 4 aliphatic rings. The lowest BCUT2D eigenvalue weighted by molar-refractivity contribution is 0.0903. The molecule has 4 aromatic heterocycles. The van der Waals surface area contributed by atoms with Crippen molar-refractivity contribution in [1.29, 1.82) is 0 Å². The van der Waals surface area contributed by atoms with Crippen LogP contribution in [-0.2, 0) is 68.1 Å². The van der Waals surface area contributed by atoms with Crippen molar-refractivity contribution in [2.75, 3.05) is 99.2 Å². The third kappa shape index (κ3) is 22.0. The van der Waals surface area contributed by atoms with Gasteiger partial charge in [-0.3, -0.25) is 28.9 Å². The zero-order valence-corrected chi connectivity index (χ0v) is 69.8. The predicted molar refractivity (Wildman–Crippen MR) is 472 cm³/mol. The number of carbonyl (C=O) groups excluding carboxylic acids is 5. The van der Waals surface area contributed by atoms with Gasteiger partial charge in [0.25, 0.3) is 23.6 Å². The van der Waals surface area contributed by atoms with Gasteiger partial charge >= 0.3 is 0 Å². The van der Waals surface area contributed by atoms with Crippen molar-refractivity contribution in [1.82, 2.24) is 61.0 Å². The van der Waals surface area contributed by atoms with E-state index in [0.29, 0.717) is 109 Å². The first-order valence-electron chi connectivity index (χ1n) is 42.4. The lowest BCUT2D eigenvalue weighted by Gasteiger charge is -2.36. The minimum Gasteiger partial charge on any atom is -0.381 e. The number of nitrogens with zero attached hydrogens (tertiary/aromatic N) is 9. The van der Waals surface area contributed by atoms with Crippen LogP contribution in [0, 0.1) is 23.3 Å². The molecule has 27 heteroatoms. The molecule has 4 saturated heterocycles. The Bertz CT molecular complexity index is 5680. The normalized spacial score (nSPS) is 14.5. The van der Waals surface area contributed by atoms with Crippen LogP contribution in [0.1, 0.15) is 144 Å². The van der Waals surface area contributed by atoms with Gasteiger partial charge in [0.2, 0.25) is 0 Å². The van der Waals surface area contributed by atoms with Gasteiger partial charge in [0, 0.05) is 210 Å². The maximum absolute atomic E-state index is 15.3. The first-order valence-corrected chi connectivity index (χ1v) is 42.4. The summed E-state index contributed by atoms with van der Waals surface area (Å²) in [7, 11) is 0. The van der Waals surface area contributed by atoms with E-state index >= 15 is 4.39 Å². The summed E-state index contributed by atoms with van der Waals surface area (Å²) in [6, 6.07) is 51.0. The number of piperazine rings is 2. The molecule has 0 unspecified atom stereocenters. The van der Waals surface area contributed by atoms with Crippen molar-refractivity contribution < 1.29 is 51.0 Å². The molecule has 0 radical (unpaired) electrons. The Morgan fingerprint density at radius 2 is 0.870 bits per heavy atom. The van der Waals surface area contributed by atoms with E-state index in [1.165, 1.54) is 36.4 Å². The van der Waals surface area contributed by atoms with Crippen LogP contribution < -0.4 is 47.0 Å². The number of halogens is 4. The highest BCUT2D eigenvalue weighted by atomic mass is 19.1. The van der Waals surface area contributed by atoms with Crippen LogP contribution in [0.4, 0.5) is 40.3 Å². The van der Waals surface area contributed by atoms with Crippen LogP contribution in [0.15, 0.2) is 194 Å². The maximum atomic E-state index is 15.3. The number of hydrogen-bond donors (Lipinski definition) is 7. The number of pyridine rings is 2. The van der Waals surface area contributed by atoms with Gasteiger partial charge in [0.1, 0.15) is 29.6 Å². The molecule has 12 aromatic rings.